The van der Waals surface area contributed by atoms with E-state index in [-0.39, 0.29) is 29.5 Å². The van der Waals surface area contributed by atoms with Gasteiger partial charge in [-0.05, 0) is 80.3 Å². The highest BCUT2D eigenvalue weighted by molar-refractivity contribution is 9.10. The number of thiophene rings is 1. The van der Waals surface area contributed by atoms with Crippen molar-refractivity contribution in [3.8, 4) is 5.75 Å². The number of phenols is 1. The molecular formula is C27H21BrN2O5S. The number of aromatic hydroxyl groups is 1. The van der Waals surface area contributed by atoms with E-state index in [1.54, 1.807) is 30.3 Å². The van der Waals surface area contributed by atoms with Crippen molar-refractivity contribution in [1.29, 1.82) is 0 Å². The third-order valence-corrected chi connectivity index (χ3v) is 6.94. The highest BCUT2D eigenvalue weighted by atomic mass is 79.9. The molecule has 0 bridgehead atoms. The normalized spacial score (nSPS) is 11.2. The van der Waals surface area contributed by atoms with Crippen molar-refractivity contribution >= 4 is 61.2 Å². The molecule has 0 fully saturated rings. The Hall–Kier alpha value is -3.95. The minimum Gasteiger partial charge on any atom is -0.508 e. The van der Waals surface area contributed by atoms with Crippen LogP contribution in [0.3, 0.4) is 0 Å². The van der Waals surface area contributed by atoms with Gasteiger partial charge in [0.2, 0.25) is 0 Å². The Morgan fingerprint density at radius 1 is 1.03 bits per heavy atom. The SMILES string of the molecule is COC(=O)C(=Cc1csc2ccccc12)NC(=O)c1ccc(C(=O)NCc2cccc(O)c2)cc1Br. The van der Waals surface area contributed by atoms with Gasteiger partial charge < -0.3 is 20.5 Å². The predicted octanol–water partition coefficient (Wildman–Crippen LogP) is 5.24. The fourth-order valence-corrected chi connectivity index (χ4v) is 4.98. The lowest BCUT2D eigenvalue weighted by Crippen LogP contribution is -2.28. The van der Waals surface area contributed by atoms with Gasteiger partial charge in [0.25, 0.3) is 11.8 Å². The second-order valence-corrected chi connectivity index (χ2v) is 9.50. The third-order valence-electron chi connectivity index (χ3n) is 5.30. The topological polar surface area (TPSA) is 105 Å². The average Bonchev–Trinajstić information content (AvgIpc) is 3.29. The lowest BCUT2D eigenvalue weighted by Gasteiger charge is -2.11. The molecule has 0 aliphatic rings. The molecule has 0 aliphatic carbocycles. The average molecular weight is 565 g/mol. The number of benzene rings is 3. The first-order valence-corrected chi connectivity index (χ1v) is 12.5. The molecule has 36 heavy (non-hydrogen) atoms. The number of carbonyl (C=O) groups is 3. The van der Waals surface area contributed by atoms with Crippen molar-refractivity contribution in [1.82, 2.24) is 10.6 Å². The van der Waals surface area contributed by atoms with Crippen molar-refractivity contribution < 1.29 is 24.2 Å². The van der Waals surface area contributed by atoms with E-state index in [0.717, 1.165) is 21.2 Å². The zero-order valence-corrected chi connectivity index (χ0v) is 21.5. The van der Waals surface area contributed by atoms with Gasteiger partial charge in [0.1, 0.15) is 11.4 Å². The molecule has 4 rings (SSSR count). The predicted molar refractivity (Wildman–Crippen MR) is 143 cm³/mol. The van der Waals surface area contributed by atoms with Crippen molar-refractivity contribution in [3.05, 3.63) is 105 Å². The minimum absolute atomic E-state index is 0.00844. The number of methoxy groups -OCH3 is 1. The van der Waals surface area contributed by atoms with Gasteiger partial charge in [-0.1, -0.05) is 30.3 Å². The number of hydrogen-bond donors (Lipinski definition) is 3. The number of phenolic OH excluding ortho intramolecular Hbond substituents is 1. The maximum Gasteiger partial charge on any atom is 0.354 e. The van der Waals surface area contributed by atoms with Gasteiger partial charge in [-0.15, -0.1) is 11.3 Å². The van der Waals surface area contributed by atoms with Crippen LogP contribution in [0.15, 0.2) is 82.3 Å². The summed E-state index contributed by atoms with van der Waals surface area (Å²) in [5.41, 5.74) is 2.11. The molecule has 3 N–H and O–H groups in total. The fraction of sp³-hybridized carbons (Fsp3) is 0.0741. The zero-order valence-electron chi connectivity index (χ0n) is 19.1. The molecule has 182 valence electrons. The van der Waals surface area contributed by atoms with Crippen LogP contribution in [-0.2, 0) is 16.1 Å². The van der Waals surface area contributed by atoms with Gasteiger partial charge in [-0.2, -0.15) is 0 Å². The number of nitrogens with one attached hydrogen (secondary N) is 2. The summed E-state index contributed by atoms with van der Waals surface area (Å²) in [7, 11) is 1.24. The van der Waals surface area contributed by atoms with Crippen LogP contribution in [0.25, 0.3) is 16.2 Å². The van der Waals surface area contributed by atoms with Crippen LogP contribution >= 0.6 is 27.3 Å². The van der Waals surface area contributed by atoms with Crippen LogP contribution in [0.4, 0.5) is 0 Å². The van der Waals surface area contributed by atoms with E-state index in [1.807, 2.05) is 29.6 Å². The first-order chi connectivity index (χ1) is 17.4. The van der Waals surface area contributed by atoms with Crippen LogP contribution in [0, 0.1) is 0 Å². The summed E-state index contributed by atoms with van der Waals surface area (Å²) in [5, 5.41) is 17.8. The van der Waals surface area contributed by atoms with Gasteiger partial charge in [-0.3, -0.25) is 9.59 Å². The van der Waals surface area contributed by atoms with E-state index in [1.165, 1.54) is 36.6 Å². The molecule has 4 aromatic rings. The van der Waals surface area contributed by atoms with E-state index < -0.39 is 11.9 Å². The number of halogens is 1. The Morgan fingerprint density at radius 3 is 2.58 bits per heavy atom. The Balaban J connectivity index is 1.50. The lowest BCUT2D eigenvalue weighted by atomic mass is 10.1. The third kappa shape index (κ3) is 5.81. The van der Waals surface area contributed by atoms with Crippen molar-refractivity contribution in [2.45, 2.75) is 6.54 Å². The Morgan fingerprint density at radius 2 is 1.83 bits per heavy atom. The second kappa shape index (κ2) is 11.2. The number of fused-ring (bicyclic) bond motifs is 1. The first-order valence-electron chi connectivity index (χ1n) is 10.8. The maximum absolute atomic E-state index is 13.0. The van der Waals surface area contributed by atoms with Gasteiger partial charge in [0.15, 0.2) is 0 Å². The largest absolute Gasteiger partial charge is 0.508 e. The Kier molecular flexibility index (Phi) is 7.82. The number of hydrogen-bond acceptors (Lipinski definition) is 6. The Labute approximate surface area is 219 Å². The summed E-state index contributed by atoms with van der Waals surface area (Å²) in [6.45, 7) is 0.234. The molecule has 0 radical (unpaired) electrons. The van der Waals surface area contributed by atoms with Crippen LogP contribution in [-0.4, -0.2) is 30.0 Å². The Bertz CT molecular complexity index is 1490. The van der Waals surface area contributed by atoms with E-state index in [9.17, 15) is 19.5 Å². The van der Waals surface area contributed by atoms with Crippen molar-refractivity contribution in [3.63, 3.8) is 0 Å². The molecule has 0 saturated carbocycles. The highest BCUT2D eigenvalue weighted by Gasteiger charge is 2.19. The summed E-state index contributed by atoms with van der Waals surface area (Å²) in [6, 6.07) is 18.9. The molecule has 0 aliphatic heterocycles. The molecule has 0 saturated heterocycles. The van der Waals surface area contributed by atoms with Crippen molar-refractivity contribution in [2.24, 2.45) is 0 Å². The number of ether oxygens (including phenoxy) is 1. The monoisotopic (exact) mass is 564 g/mol. The molecule has 7 nitrogen and oxygen atoms in total. The van der Waals surface area contributed by atoms with E-state index in [2.05, 4.69) is 26.6 Å². The summed E-state index contributed by atoms with van der Waals surface area (Å²) >= 11 is 4.88. The number of carbonyl (C=O) groups excluding carboxylic acids is 3. The molecule has 0 spiro atoms. The first kappa shape index (κ1) is 25.2. The van der Waals surface area contributed by atoms with E-state index in [0.29, 0.717) is 10.0 Å². The quantitative estimate of drug-likeness (QED) is 0.210. The molecule has 1 aromatic heterocycles. The smallest absolute Gasteiger partial charge is 0.354 e. The molecular weight excluding hydrogens is 544 g/mol. The number of esters is 1. The summed E-state index contributed by atoms with van der Waals surface area (Å²) in [4.78, 5) is 38.0. The molecule has 1 heterocycles. The molecule has 0 unspecified atom stereocenters. The number of amides is 2. The number of rotatable bonds is 7. The summed E-state index contributed by atoms with van der Waals surface area (Å²) in [5.74, 6) is -1.44. The summed E-state index contributed by atoms with van der Waals surface area (Å²) in [6.07, 6.45) is 1.58. The van der Waals surface area contributed by atoms with Crippen LogP contribution in [0.1, 0.15) is 31.8 Å². The lowest BCUT2D eigenvalue weighted by molar-refractivity contribution is -0.136. The maximum atomic E-state index is 13.0. The molecule has 9 heteroatoms. The van der Waals surface area contributed by atoms with E-state index >= 15 is 0 Å². The fourth-order valence-electron chi connectivity index (χ4n) is 3.50. The minimum atomic E-state index is -0.683. The highest BCUT2D eigenvalue weighted by Crippen LogP contribution is 2.27. The van der Waals surface area contributed by atoms with E-state index in [4.69, 9.17) is 4.74 Å². The van der Waals surface area contributed by atoms with Gasteiger partial charge in [0.05, 0.1) is 12.7 Å². The van der Waals surface area contributed by atoms with Gasteiger partial charge >= 0.3 is 5.97 Å². The molecule has 2 amide bonds. The van der Waals surface area contributed by atoms with Crippen LogP contribution in [0.5, 0.6) is 5.75 Å². The zero-order chi connectivity index (χ0) is 25.7. The molecule has 3 aromatic carbocycles. The standard InChI is InChI=1S/C27H21BrN2O5S/c1-35-27(34)23(13-18-15-36-24-8-3-2-7-20(18)24)30-26(33)21-10-9-17(12-22(21)28)25(32)29-14-16-5-4-6-19(31)11-16/h2-13,15,31H,14H2,1H3,(H,29,32)(H,30,33). The summed E-state index contributed by atoms with van der Waals surface area (Å²) < 4.78 is 6.30. The van der Waals surface area contributed by atoms with Gasteiger partial charge in [0, 0.05) is 21.3 Å². The molecule has 0 atom stereocenters. The van der Waals surface area contributed by atoms with Crippen LogP contribution in [0.2, 0.25) is 0 Å². The van der Waals surface area contributed by atoms with Crippen molar-refractivity contribution in [2.75, 3.05) is 7.11 Å². The second-order valence-electron chi connectivity index (χ2n) is 7.74. The van der Waals surface area contributed by atoms with Crippen LogP contribution < -0.4 is 10.6 Å². The van der Waals surface area contributed by atoms with Gasteiger partial charge in [-0.25, -0.2) is 4.79 Å².